The maximum Gasteiger partial charge on any atom is 0.159 e. The van der Waals surface area contributed by atoms with Gasteiger partial charge in [0.2, 0.25) is 0 Å². The highest BCUT2D eigenvalue weighted by Gasteiger charge is 2.46. The Morgan fingerprint density at radius 1 is 1.27 bits per heavy atom. The lowest BCUT2D eigenvalue weighted by Gasteiger charge is -2.40. The molecule has 1 nitrogen and oxygen atoms in total. The highest BCUT2D eigenvalue weighted by Crippen LogP contribution is 2.44. The van der Waals surface area contributed by atoms with Gasteiger partial charge in [0, 0.05) is 0 Å². The van der Waals surface area contributed by atoms with E-state index in [0.717, 1.165) is 12.1 Å². The van der Waals surface area contributed by atoms with E-state index in [0.29, 0.717) is 11.8 Å². The molecule has 0 aromatic heterocycles. The van der Waals surface area contributed by atoms with Gasteiger partial charge in [-0.05, 0) is 30.5 Å². The lowest BCUT2D eigenvalue weighted by Crippen LogP contribution is -2.44. The molecule has 0 bridgehead atoms. The molecule has 1 aromatic carbocycles. The van der Waals surface area contributed by atoms with E-state index in [1.54, 1.807) is 0 Å². The molecule has 0 N–H and O–H groups in total. The van der Waals surface area contributed by atoms with Crippen LogP contribution in [0.4, 0.5) is 13.2 Å². The van der Waals surface area contributed by atoms with Gasteiger partial charge >= 0.3 is 0 Å². The van der Waals surface area contributed by atoms with Crippen molar-refractivity contribution in [1.82, 2.24) is 0 Å². The average molecular weight is 214 g/mol. The molecule has 2 rings (SSSR count). The van der Waals surface area contributed by atoms with Gasteiger partial charge in [-0.25, -0.2) is 13.2 Å². The number of hydrogen-bond donors (Lipinski definition) is 0. The summed E-state index contributed by atoms with van der Waals surface area (Å²) in [6.45, 7) is 0. The van der Waals surface area contributed by atoms with Crippen LogP contribution >= 0.6 is 0 Å². The zero-order valence-electron chi connectivity index (χ0n) is 7.84. The molecule has 0 spiro atoms. The van der Waals surface area contributed by atoms with Gasteiger partial charge in [-0.1, -0.05) is 6.07 Å². The summed E-state index contributed by atoms with van der Waals surface area (Å²) < 4.78 is 38.3. The van der Waals surface area contributed by atoms with Crippen LogP contribution in [0, 0.1) is 11.6 Å². The van der Waals surface area contributed by atoms with Gasteiger partial charge in [0.05, 0.1) is 5.41 Å². The molecule has 1 aromatic rings. The van der Waals surface area contributed by atoms with Gasteiger partial charge < -0.3 is 4.79 Å². The van der Waals surface area contributed by atoms with E-state index in [-0.39, 0.29) is 12.8 Å². The minimum atomic E-state index is -1.02. The number of aldehydes is 1. The largest absolute Gasteiger partial charge is 0.302 e. The number of halogens is 3. The van der Waals surface area contributed by atoms with Crippen LogP contribution in [0.2, 0.25) is 0 Å². The Labute approximate surface area is 84.9 Å². The normalized spacial score (nSPS) is 29.7. The lowest BCUT2D eigenvalue weighted by atomic mass is 9.64. The quantitative estimate of drug-likeness (QED) is 0.691. The molecule has 0 unspecified atom stereocenters. The summed E-state index contributed by atoms with van der Waals surface area (Å²) in [5.41, 5.74) is -0.598. The Morgan fingerprint density at radius 3 is 2.40 bits per heavy atom. The van der Waals surface area contributed by atoms with E-state index in [4.69, 9.17) is 0 Å². The molecule has 4 heteroatoms. The van der Waals surface area contributed by atoms with E-state index >= 15 is 0 Å². The monoisotopic (exact) mass is 214 g/mol. The number of alkyl halides is 1. The third-order valence-corrected chi connectivity index (χ3v) is 2.89. The molecule has 80 valence electrons. The van der Waals surface area contributed by atoms with Gasteiger partial charge in [0.15, 0.2) is 11.6 Å². The summed E-state index contributed by atoms with van der Waals surface area (Å²) in [5.74, 6) is -1.97. The highest BCUT2D eigenvalue weighted by molar-refractivity contribution is 5.70. The summed E-state index contributed by atoms with van der Waals surface area (Å²) in [6, 6.07) is 3.26. The standard InChI is InChI=1S/C11H9F3O/c12-8-4-11(5-8,6-15)7-1-2-9(13)10(14)3-7/h1-3,6,8H,4-5H2. The van der Waals surface area contributed by atoms with Crippen LogP contribution < -0.4 is 0 Å². The number of benzene rings is 1. The predicted octanol–water partition coefficient (Wildman–Crippen LogP) is 2.53. The minimum absolute atomic E-state index is 0.0571. The molecule has 0 radical (unpaired) electrons. The van der Waals surface area contributed by atoms with E-state index in [1.165, 1.54) is 6.07 Å². The van der Waals surface area contributed by atoms with Gasteiger partial charge in [0.25, 0.3) is 0 Å². The maximum atomic E-state index is 12.9. The molecule has 1 fully saturated rings. The Hall–Kier alpha value is -1.32. The van der Waals surface area contributed by atoms with Crippen molar-refractivity contribution >= 4 is 6.29 Å². The van der Waals surface area contributed by atoms with Crippen LogP contribution in [0.5, 0.6) is 0 Å². The maximum absolute atomic E-state index is 12.9. The number of hydrogen-bond acceptors (Lipinski definition) is 1. The first kappa shape index (κ1) is 10.2. The highest BCUT2D eigenvalue weighted by atomic mass is 19.2. The van der Waals surface area contributed by atoms with Crippen LogP contribution in [0.1, 0.15) is 18.4 Å². The lowest BCUT2D eigenvalue weighted by molar-refractivity contribution is -0.117. The molecule has 0 aliphatic heterocycles. The zero-order valence-corrected chi connectivity index (χ0v) is 7.84. The van der Waals surface area contributed by atoms with Crippen molar-refractivity contribution in [1.29, 1.82) is 0 Å². The molecule has 15 heavy (non-hydrogen) atoms. The van der Waals surface area contributed by atoms with E-state index < -0.39 is 23.2 Å². The number of carbonyl (C=O) groups excluding carboxylic acids is 1. The van der Waals surface area contributed by atoms with Crippen molar-refractivity contribution < 1.29 is 18.0 Å². The predicted molar refractivity (Wildman–Crippen MR) is 48.2 cm³/mol. The third-order valence-electron chi connectivity index (χ3n) is 2.89. The second kappa shape index (κ2) is 3.36. The zero-order chi connectivity index (χ0) is 11.1. The second-order valence-corrected chi connectivity index (χ2v) is 3.91. The summed E-state index contributed by atoms with van der Waals surface area (Å²) in [5, 5.41) is 0. The molecular weight excluding hydrogens is 205 g/mol. The molecule has 1 aliphatic rings. The fraction of sp³-hybridized carbons (Fsp3) is 0.364. The topological polar surface area (TPSA) is 17.1 Å². The Kier molecular flexibility index (Phi) is 2.29. The van der Waals surface area contributed by atoms with Crippen LogP contribution in [-0.2, 0) is 10.2 Å². The van der Waals surface area contributed by atoms with Gasteiger partial charge in [-0.15, -0.1) is 0 Å². The molecular formula is C11H9F3O. The number of rotatable bonds is 2. The van der Waals surface area contributed by atoms with Crippen molar-refractivity contribution in [3.8, 4) is 0 Å². The van der Waals surface area contributed by atoms with Crippen LogP contribution in [0.3, 0.4) is 0 Å². The first-order chi connectivity index (χ1) is 7.07. The Balaban J connectivity index is 2.36. The van der Waals surface area contributed by atoms with Crippen molar-refractivity contribution in [3.05, 3.63) is 35.4 Å². The molecule has 0 saturated heterocycles. The summed E-state index contributed by atoms with van der Waals surface area (Å²) in [6.07, 6.45) is -0.290. The van der Waals surface area contributed by atoms with Crippen molar-refractivity contribution in [2.45, 2.75) is 24.4 Å². The van der Waals surface area contributed by atoms with Gasteiger partial charge in [0.1, 0.15) is 12.5 Å². The van der Waals surface area contributed by atoms with Crippen LogP contribution in [0.25, 0.3) is 0 Å². The third kappa shape index (κ3) is 1.54. The average Bonchev–Trinajstić information content (AvgIpc) is 2.17. The Morgan fingerprint density at radius 2 is 1.93 bits per heavy atom. The van der Waals surface area contributed by atoms with Crippen LogP contribution in [-0.4, -0.2) is 12.5 Å². The van der Waals surface area contributed by atoms with E-state index in [9.17, 15) is 18.0 Å². The molecule has 0 atom stereocenters. The molecule has 1 aliphatic carbocycles. The molecule has 0 heterocycles. The molecule has 0 amide bonds. The summed E-state index contributed by atoms with van der Waals surface area (Å²) in [4.78, 5) is 10.9. The fourth-order valence-corrected chi connectivity index (χ4v) is 1.94. The Bertz CT molecular complexity index is 397. The molecule has 1 saturated carbocycles. The van der Waals surface area contributed by atoms with Crippen molar-refractivity contribution in [2.75, 3.05) is 0 Å². The van der Waals surface area contributed by atoms with E-state index in [1.807, 2.05) is 0 Å². The first-order valence-electron chi connectivity index (χ1n) is 4.63. The first-order valence-corrected chi connectivity index (χ1v) is 4.63. The van der Waals surface area contributed by atoms with E-state index in [2.05, 4.69) is 0 Å². The van der Waals surface area contributed by atoms with Crippen molar-refractivity contribution in [2.24, 2.45) is 0 Å². The van der Waals surface area contributed by atoms with Gasteiger partial charge in [-0.2, -0.15) is 0 Å². The summed E-state index contributed by atoms with van der Waals surface area (Å²) >= 11 is 0. The fourth-order valence-electron chi connectivity index (χ4n) is 1.94. The summed E-state index contributed by atoms with van der Waals surface area (Å²) in [7, 11) is 0. The number of carbonyl (C=O) groups is 1. The SMILES string of the molecule is O=CC1(c2ccc(F)c(F)c2)CC(F)C1. The smallest absolute Gasteiger partial charge is 0.159 e. The van der Waals surface area contributed by atoms with Crippen molar-refractivity contribution in [3.63, 3.8) is 0 Å². The second-order valence-electron chi connectivity index (χ2n) is 3.91. The van der Waals surface area contributed by atoms with Gasteiger partial charge in [-0.3, -0.25) is 0 Å². The van der Waals surface area contributed by atoms with Crippen LogP contribution in [0.15, 0.2) is 18.2 Å². The minimum Gasteiger partial charge on any atom is -0.302 e.